The number of carbonyl (C=O) groups excluding carboxylic acids is 1. The lowest BCUT2D eigenvalue weighted by Crippen LogP contribution is -2.26. The zero-order chi connectivity index (χ0) is 18.3. The van der Waals surface area contributed by atoms with Crippen LogP contribution in [0.15, 0.2) is 58.4 Å². The lowest BCUT2D eigenvalue weighted by Gasteiger charge is -2.07. The average Bonchev–Trinajstić information content (AvgIpc) is 2.57. The monoisotopic (exact) mass is 422 g/mol. The zero-order valence-electron chi connectivity index (χ0n) is 13.7. The number of aryl methyl sites for hydroxylation is 1. The Bertz CT molecular complexity index is 865. The van der Waals surface area contributed by atoms with Gasteiger partial charge in [0.05, 0.1) is 0 Å². The van der Waals surface area contributed by atoms with Crippen LogP contribution in [0.5, 0.6) is 0 Å². The Hall–Kier alpha value is -1.96. The molecule has 1 amide bonds. The molecule has 2 aromatic carbocycles. The van der Waals surface area contributed by atoms with E-state index in [1.165, 1.54) is 6.08 Å². The highest BCUT2D eigenvalue weighted by atomic mass is 79.9. The standard InChI is InChI=1S/C18H19BrN2O3S/c1-14-13-16(7-8-17(14)19)21-18(22)9-11-20-25(23,24)12-10-15-5-3-2-4-6-15/h2-8,10,12-13,20H,9,11H2,1H3,(H,21,22)/b12-10+. The first-order chi connectivity index (χ1) is 11.9. The number of anilines is 1. The topological polar surface area (TPSA) is 75.3 Å². The summed E-state index contributed by atoms with van der Waals surface area (Å²) in [4.78, 5) is 11.9. The molecule has 0 heterocycles. The Balaban J connectivity index is 1.81. The van der Waals surface area contributed by atoms with Crippen molar-refractivity contribution >= 4 is 43.6 Å². The van der Waals surface area contributed by atoms with Gasteiger partial charge in [0.1, 0.15) is 0 Å². The molecule has 0 fully saturated rings. The van der Waals surface area contributed by atoms with Crippen molar-refractivity contribution in [1.29, 1.82) is 0 Å². The van der Waals surface area contributed by atoms with Crippen molar-refractivity contribution in [3.8, 4) is 0 Å². The SMILES string of the molecule is Cc1cc(NC(=O)CCNS(=O)(=O)/C=C/c2ccccc2)ccc1Br. The second-order valence-corrected chi connectivity index (χ2v) is 7.92. The van der Waals surface area contributed by atoms with Gasteiger partial charge in [-0.25, -0.2) is 13.1 Å². The smallest absolute Gasteiger partial charge is 0.233 e. The van der Waals surface area contributed by atoms with E-state index < -0.39 is 10.0 Å². The third-order valence-electron chi connectivity index (χ3n) is 3.34. The van der Waals surface area contributed by atoms with Crippen LogP contribution in [0.2, 0.25) is 0 Å². The van der Waals surface area contributed by atoms with Crippen LogP contribution in [0.4, 0.5) is 5.69 Å². The number of hydrogen-bond acceptors (Lipinski definition) is 3. The minimum absolute atomic E-state index is 0.0306. The summed E-state index contributed by atoms with van der Waals surface area (Å²) in [5, 5.41) is 3.84. The van der Waals surface area contributed by atoms with E-state index in [0.717, 1.165) is 21.0 Å². The summed E-state index contributed by atoms with van der Waals surface area (Å²) >= 11 is 3.40. The van der Waals surface area contributed by atoms with Gasteiger partial charge >= 0.3 is 0 Å². The fraction of sp³-hybridized carbons (Fsp3) is 0.167. The summed E-state index contributed by atoms with van der Waals surface area (Å²) in [6, 6.07) is 14.6. The number of nitrogens with one attached hydrogen (secondary N) is 2. The summed E-state index contributed by atoms with van der Waals surface area (Å²) in [5.41, 5.74) is 2.47. The maximum absolute atomic E-state index is 11.9. The van der Waals surface area contributed by atoms with Crippen LogP contribution in [0.25, 0.3) is 6.08 Å². The molecule has 0 bridgehead atoms. The fourth-order valence-electron chi connectivity index (χ4n) is 2.03. The summed E-state index contributed by atoms with van der Waals surface area (Å²) in [5.74, 6) is -0.253. The van der Waals surface area contributed by atoms with Crippen molar-refractivity contribution in [2.45, 2.75) is 13.3 Å². The number of sulfonamides is 1. The number of halogens is 1. The molecule has 0 atom stereocenters. The maximum atomic E-state index is 11.9. The first-order valence-corrected chi connectivity index (χ1v) is 9.98. The molecule has 0 spiro atoms. The number of rotatable bonds is 7. The van der Waals surface area contributed by atoms with E-state index in [1.807, 2.05) is 37.3 Å². The molecule has 25 heavy (non-hydrogen) atoms. The van der Waals surface area contributed by atoms with Crippen molar-refractivity contribution in [3.05, 3.63) is 69.5 Å². The molecular formula is C18H19BrN2O3S. The maximum Gasteiger partial charge on any atom is 0.233 e. The van der Waals surface area contributed by atoms with Gasteiger partial charge < -0.3 is 5.32 Å². The van der Waals surface area contributed by atoms with Crippen molar-refractivity contribution in [2.24, 2.45) is 0 Å². The second kappa shape index (κ2) is 8.94. The van der Waals surface area contributed by atoms with Gasteiger partial charge in [-0.05, 0) is 42.3 Å². The summed E-state index contributed by atoms with van der Waals surface area (Å²) in [7, 11) is -3.58. The van der Waals surface area contributed by atoms with Crippen LogP contribution in [-0.4, -0.2) is 20.9 Å². The van der Waals surface area contributed by atoms with Crippen LogP contribution < -0.4 is 10.0 Å². The highest BCUT2D eigenvalue weighted by molar-refractivity contribution is 9.10. The minimum Gasteiger partial charge on any atom is -0.326 e. The van der Waals surface area contributed by atoms with Gasteiger partial charge in [0.2, 0.25) is 15.9 Å². The molecule has 2 rings (SSSR count). The quantitative estimate of drug-likeness (QED) is 0.714. The van der Waals surface area contributed by atoms with E-state index in [0.29, 0.717) is 5.69 Å². The lowest BCUT2D eigenvalue weighted by atomic mass is 10.2. The number of benzene rings is 2. The van der Waals surface area contributed by atoms with E-state index in [2.05, 4.69) is 26.0 Å². The van der Waals surface area contributed by atoms with Crippen molar-refractivity contribution < 1.29 is 13.2 Å². The van der Waals surface area contributed by atoms with Gasteiger partial charge in [-0.15, -0.1) is 0 Å². The predicted molar refractivity (Wildman–Crippen MR) is 105 cm³/mol. The molecule has 2 N–H and O–H groups in total. The Morgan fingerprint density at radius 3 is 2.56 bits per heavy atom. The molecule has 132 valence electrons. The van der Waals surface area contributed by atoms with Gasteiger partial charge in [-0.2, -0.15) is 0 Å². The van der Waals surface area contributed by atoms with E-state index in [9.17, 15) is 13.2 Å². The van der Waals surface area contributed by atoms with Gasteiger partial charge in [0, 0.05) is 28.5 Å². The molecule has 0 aromatic heterocycles. The largest absolute Gasteiger partial charge is 0.326 e. The zero-order valence-corrected chi connectivity index (χ0v) is 16.1. The molecule has 0 unspecified atom stereocenters. The molecule has 2 aromatic rings. The fourth-order valence-corrected chi connectivity index (χ4v) is 3.10. The lowest BCUT2D eigenvalue weighted by molar-refractivity contribution is -0.116. The van der Waals surface area contributed by atoms with Gasteiger partial charge in [0.15, 0.2) is 0 Å². The van der Waals surface area contributed by atoms with E-state index in [1.54, 1.807) is 18.2 Å². The Morgan fingerprint density at radius 1 is 1.16 bits per heavy atom. The highest BCUT2D eigenvalue weighted by Crippen LogP contribution is 2.20. The normalized spacial score (nSPS) is 11.6. The summed E-state index contributed by atoms with van der Waals surface area (Å²) < 4.78 is 27.1. The molecule has 0 aliphatic heterocycles. The van der Waals surface area contributed by atoms with Crippen LogP contribution in [0.1, 0.15) is 17.5 Å². The van der Waals surface area contributed by atoms with Crippen molar-refractivity contribution in [3.63, 3.8) is 0 Å². The molecule has 5 nitrogen and oxygen atoms in total. The van der Waals surface area contributed by atoms with Crippen molar-refractivity contribution in [1.82, 2.24) is 4.72 Å². The molecule has 0 radical (unpaired) electrons. The van der Waals surface area contributed by atoms with Crippen LogP contribution in [-0.2, 0) is 14.8 Å². The van der Waals surface area contributed by atoms with Gasteiger partial charge in [0.25, 0.3) is 0 Å². The minimum atomic E-state index is -3.58. The van der Waals surface area contributed by atoms with Crippen LogP contribution in [0.3, 0.4) is 0 Å². The molecule has 0 saturated heterocycles. The predicted octanol–water partition coefficient (Wildman–Crippen LogP) is 3.68. The third kappa shape index (κ3) is 6.81. The Labute approximate surface area is 156 Å². The molecule has 0 saturated carbocycles. The number of hydrogen-bond donors (Lipinski definition) is 2. The summed E-state index contributed by atoms with van der Waals surface area (Å²) in [6.45, 7) is 1.95. The molecule has 0 aliphatic carbocycles. The van der Waals surface area contributed by atoms with E-state index >= 15 is 0 Å². The third-order valence-corrected chi connectivity index (χ3v) is 5.33. The number of amides is 1. The van der Waals surface area contributed by atoms with E-state index in [-0.39, 0.29) is 18.9 Å². The molecular weight excluding hydrogens is 404 g/mol. The van der Waals surface area contributed by atoms with Crippen LogP contribution >= 0.6 is 15.9 Å². The first kappa shape index (κ1) is 19.4. The Kier molecular flexibility index (Phi) is 6.92. The van der Waals surface area contributed by atoms with E-state index in [4.69, 9.17) is 0 Å². The van der Waals surface area contributed by atoms with Crippen molar-refractivity contribution in [2.75, 3.05) is 11.9 Å². The molecule has 7 heteroatoms. The van der Waals surface area contributed by atoms with Gasteiger partial charge in [-0.3, -0.25) is 4.79 Å². The summed E-state index contributed by atoms with van der Waals surface area (Å²) in [6.07, 6.45) is 1.56. The first-order valence-electron chi connectivity index (χ1n) is 7.64. The average molecular weight is 423 g/mol. The highest BCUT2D eigenvalue weighted by Gasteiger charge is 2.08. The van der Waals surface area contributed by atoms with Crippen LogP contribution in [0, 0.1) is 6.92 Å². The number of carbonyl (C=O) groups is 1. The second-order valence-electron chi connectivity index (χ2n) is 5.41. The Morgan fingerprint density at radius 2 is 1.88 bits per heavy atom. The molecule has 0 aliphatic rings. The van der Waals surface area contributed by atoms with Gasteiger partial charge in [-0.1, -0.05) is 46.3 Å².